The maximum Gasteiger partial charge on any atom is 0.321 e. The SMILES string of the molecule is C[C@@H]1N[C@@H](C(=O)O)Cc2c1[nH]c1ccccc21. The highest BCUT2D eigenvalue weighted by Crippen LogP contribution is 2.31. The molecule has 1 aliphatic heterocycles. The predicted molar refractivity (Wildman–Crippen MR) is 65.0 cm³/mol. The summed E-state index contributed by atoms with van der Waals surface area (Å²) in [5, 5.41) is 13.4. The van der Waals surface area contributed by atoms with E-state index in [0.717, 1.165) is 22.2 Å². The molecular weight excluding hydrogens is 216 g/mol. The third kappa shape index (κ3) is 1.52. The molecule has 1 aromatic carbocycles. The van der Waals surface area contributed by atoms with Crippen LogP contribution in [0.1, 0.15) is 24.2 Å². The number of carboxylic acids is 1. The molecule has 88 valence electrons. The third-order valence-corrected chi connectivity index (χ3v) is 3.44. The minimum absolute atomic E-state index is 0.0484. The van der Waals surface area contributed by atoms with Crippen molar-refractivity contribution in [2.24, 2.45) is 0 Å². The number of benzene rings is 1. The molecule has 2 heterocycles. The molecule has 4 heteroatoms. The van der Waals surface area contributed by atoms with Gasteiger partial charge in [0.05, 0.1) is 0 Å². The number of aromatic amines is 1. The van der Waals surface area contributed by atoms with Crippen LogP contribution in [0.5, 0.6) is 0 Å². The van der Waals surface area contributed by atoms with E-state index in [0.29, 0.717) is 6.42 Å². The van der Waals surface area contributed by atoms with Crippen LogP contribution in [0, 0.1) is 0 Å². The fraction of sp³-hybridized carbons (Fsp3) is 0.308. The van der Waals surface area contributed by atoms with E-state index in [1.54, 1.807) is 0 Å². The van der Waals surface area contributed by atoms with Gasteiger partial charge < -0.3 is 10.1 Å². The van der Waals surface area contributed by atoms with Crippen molar-refractivity contribution in [1.82, 2.24) is 10.3 Å². The van der Waals surface area contributed by atoms with Crippen LogP contribution >= 0.6 is 0 Å². The molecule has 0 spiro atoms. The van der Waals surface area contributed by atoms with Crippen LogP contribution in [0.4, 0.5) is 0 Å². The minimum Gasteiger partial charge on any atom is -0.480 e. The van der Waals surface area contributed by atoms with Crippen LogP contribution in [0.2, 0.25) is 0 Å². The van der Waals surface area contributed by atoms with Gasteiger partial charge in [-0.2, -0.15) is 0 Å². The van der Waals surface area contributed by atoms with E-state index in [-0.39, 0.29) is 6.04 Å². The number of hydrogen-bond acceptors (Lipinski definition) is 2. The van der Waals surface area contributed by atoms with Gasteiger partial charge in [0.1, 0.15) is 6.04 Å². The molecule has 0 saturated carbocycles. The lowest BCUT2D eigenvalue weighted by Gasteiger charge is -2.26. The molecule has 0 aliphatic carbocycles. The summed E-state index contributed by atoms with van der Waals surface area (Å²) in [7, 11) is 0. The molecule has 1 aliphatic rings. The molecule has 3 N–H and O–H groups in total. The van der Waals surface area contributed by atoms with Gasteiger partial charge in [-0.25, -0.2) is 0 Å². The molecule has 2 aromatic rings. The molecule has 0 radical (unpaired) electrons. The Morgan fingerprint density at radius 1 is 1.41 bits per heavy atom. The quantitative estimate of drug-likeness (QED) is 0.700. The van der Waals surface area contributed by atoms with E-state index in [9.17, 15) is 4.79 Å². The van der Waals surface area contributed by atoms with Crippen molar-refractivity contribution in [3.63, 3.8) is 0 Å². The first-order chi connectivity index (χ1) is 8.16. The van der Waals surface area contributed by atoms with E-state index in [1.807, 2.05) is 31.2 Å². The fourth-order valence-electron chi connectivity index (χ4n) is 2.62. The van der Waals surface area contributed by atoms with Crippen LogP contribution in [0.15, 0.2) is 24.3 Å². The highest BCUT2D eigenvalue weighted by Gasteiger charge is 2.30. The molecule has 2 atom stereocenters. The monoisotopic (exact) mass is 230 g/mol. The molecule has 0 unspecified atom stereocenters. The molecular formula is C13H14N2O2. The largest absolute Gasteiger partial charge is 0.480 e. The molecule has 4 nitrogen and oxygen atoms in total. The summed E-state index contributed by atoms with van der Waals surface area (Å²) in [6, 6.07) is 7.59. The lowest BCUT2D eigenvalue weighted by Crippen LogP contribution is -2.43. The van der Waals surface area contributed by atoms with Gasteiger partial charge in [-0.1, -0.05) is 18.2 Å². The normalized spacial score (nSPS) is 23.6. The highest BCUT2D eigenvalue weighted by molar-refractivity contribution is 5.86. The van der Waals surface area contributed by atoms with Crippen molar-refractivity contribution in [2.45, 2.75) is 25.4 Å². The topological polar surface area (TPSA) is 65.1 Å². The summed E-state index contributed by atoms with van der Waals surface area (Å²) in [5.41, 5.74) is 3.33. The number of H-pyrrole nitrogens is 1. The molecule has 3 rings (SSSR count). The van der Waals surface area contributed by atoms with E-state index in [2.05, 4.69) is 10.3 Å². The van der Waals surface area contributed by atoms with Gasteiger partial charge in [0.2, 0.25) is 0 Å². The summed E-state index contributed by atoms with van der Waals surface area (Å²) >= 11 is 0. The first-order valence-electron chi connectivity index (χ1n) is 5.75. The number of hydrogen-bond donors (Lipinski definition) is 3. The van der Waals surface area contributed by atoms with Crippen LogP contribution in [-0.4, -0.2) is 22.1 Å². The van der Waals surface area contributed by atoms with Crippen LogP contribution in [-0.2, 0) is 11.2 Å². The zero-order chi connectivity index (χ0) is 12.0. The number of aliphatic carboxylic acids is 1. The van der Waals surface area contributed by atoms with Gasteiger partial charge in [0.15, 0.2) is 0 Å². The average molecular weight is 230 g/mol. The molecule has 0 fully saturated rings. The lowest BCUT2D eigenvalue weighted by molar-refractivity contribution is -0.139. The number of para-hydroxylation sites is 1. The zero-order valence-corrected chi connectivity index (χ0v) is 9.53. The molecule has 0 saturated heterocycles. The van der Waals surface area contributed by atoms with Gasteiger partial charge >= 0.3 is 5.97 Å². The minimum atomic E-state index is -0.784. The number of fused-ring (bicyclic) bond motifs is 3. The van der Waals surface area contributed by atoms with Gasteiger partial charge in [-0.15, -0.1) is 0 Å². The zero-order valence-electron chi connectivity index (χ0n) is 9.53. The van der Waals surface area contributed by atoms with Gasteiger partial charge in [0.25, 0.3) is 0 Å². The summed E-state index contributed by atoms with van der Waals surface area (Å²) in [6.07, 6.45) is 0.541. The molecule has 1 aromatic heterocycles. The Morgan fingerprint density at radius 2 is 2.18 bits per heavy atom. The Hall–Kier alpha value is -1.81. The standard InChI is InChI=1S/C13H14N2O2/c1-7-12-9(6-11(14-7)13(16)17)8-4-2-3-5-10(8)15-12/h2-5,7,11,14-15H,6H2,1H3,(H,16,17)/t7-,11+/m0/s1. The number of rotatable bonds is 1. The first kappa shape index (κ1) is 10.4. The Bertz CT molecular complexity index is 588. The predicted octanol–water partition coefficient (Wildman–Crippen LogP) is 1.83. The van der Waals surface area contributed by atoms with Crippen LogP contribution < -0.4 is 5.32 Å². The highest BCUT2D eigenvalue weighted by atomic mass is 16.4. The summed E-state index contributed by atoms with van der Waals surface area (Å²) in [5.74, 6) is -0.784. The summed E-state index contributed by atoms with van der Waals surface area (Å²) in [4.78, 5) is 14.5. The lowest BCUT2D eigenvalue weighted by atomic mass is 9.95. The second-order valence-electron chi connectivity index (χ2n) is 4.55. The number of nitrogens with one attached hydrogen (secondary N) is 2. The van der Waals surface area contributed by atoms with E-state index in [1.165, 1.54) is 0 Å². The third-order valence-electron chi connectivity index (χ3n) is 3.44. The van der Waals surface area contributed by atoms with Crippen LogP contribution in [0.3, 0.4) is 0 Å². The number of carbonyl (C=O) groups is 1. The maximum atomic E-state index is 11.1. The van der Waals surface area contributed by atoms with Gasteiger partial charge in [-0.3, -0.25) is 10.1 Å². The van der Waals surface area contributed by atoms with E-state index >= 15 is 0 Å². The molecule has 0 amide bonds. The Morgan fingerprint density at radius 3 is 2.94 bits per heavy atom. The van der Waals surface area contributed by atoms with Crippen molar-refractivity contribution >= 4 is 16.9 Å². The second kappa shape index (κ2) is 3.60. The molecule has 0 bridgehead atoms. The van der Waals surface area contributed by atoms with Crippen LogP contribution in [0.25, 0.3) is 10.9 Å². The Labute approximate surface area is 98.6 Å². The average Bonchev–Trinajstić information content (AvgIpc) is 2.68. The van der Waals surface area contributed by atoms with Crippen molar-refractivity contribution in [1.29, 1.82) is 0 Å². The van der Waals surface area contributed by atoms with Crippen molar-refractivity contribution in [3.8, 4) is 0 Å². The van der Waals surface area contributed by atoms with E-state index < -0.39 is 12.0 Å². The van der Waals surface area contributed by atoms with Gasteiger partial charge in [-0.05, 0) is 18.6 Å². The Kier molecular flexibility index (Phi) is 2.19. The second-order valence-corrected chi connectivity index (χ2v) is 4.55. The van der Waals surface area contributed by atoms with Gasteiger partial charge in [0, 0.05) is 29.1 Å². The number of aromatic nitrogens is 1. The number of carboxylic acid groups (broad SMARTS) is 1. The summed E-state index contributed by atoms with van der Waals surface area (Å²) < 4.78 is 0. The maximum absolute atomic E-state index is 11.1. The van der Waals surface area contributed by atoms with Crippen molar-refractivity contribution < 1.29 is 9.90 Å². The van der Waals surface area contributed by atoms with Crippen molar-refractivity contribution in [2.75, 3.05) is 0 Å². The Balaban J connectivity index is 2.16. The smallest absolute Gasteiger partial charge is 0.321 e. The molecule has 17 heavy (non-hydrogen) atoms. The summed E-state index contributed by atoms with van der Waals surface area (Å²) in [6.45, 7) is 1.99. The first-order valence-corrected chi connectivity index (χ1v) is 5.75. The van der Waals surface area contributed by atoms with E-state index in [4.69, 9.17) is 5.11 Å². The van der Waals surface area contributed by atoms with Crippen molar-refractivity contribution in [3.05, 3.63) is 35.5 Å². The fourth-order valence-corrected chi connectivity index (χ4v) is 2.62.